The van der Waals surface area contributed by atoms with Gasteiger partial charge >= 0.3 is 0 Å². The minimum atomic E-state index is -2.85. The van der Waals surface area contributed by atoms with Crippen molar-refractivity contribution in [2.45, 2.75) is 44.6 Å². The minimum absolute atomic E-state index is 0.128. The number of hydrogen-bond donors (Lipinski definition) is 0. The van der Waals surface area contributed by atoms with Crippen LogP contribution in [0.1, 0.15) is 44.6 Å². The molecule has 20 heavy (non-hydrogen) atoms. The van der Waals surface area contributed by atoms with Crippen LogP contribution in [-0.4, -0.2) is 36.3 Å². The number of nitrogens with zero attached hydrogens (tertiary/aromatic N) is 2. The van der Waals surface area contributed by atoms with Gasteiger partial charge in [0.25, 0.3) is 0 Å². The summed E-state index contributed by atoms with van der Waals surface area (Å²) in [5.41, 5.74) is 0. The summed E-state index contributed by atoms with van der Waals surface area (Å²) >= 11 is 0. The quantitative estimate of drug-likeness (QED) is 0.855. The molecule has 1 aromatic rings. The molecule has 1 aliphatic carbocycles. The van der Waals surface area contributed by atoms with Gasteiger partial charge in [-0.3, -0.25) is 4.68 Å². The van der Waals surface area contributed by atoms with Gasteiger partial charge < -0.3 is 4.74 Å². The summed E-state index contributed by atoms with van der Waals surface area (Å²) in [6, 6.07) is 0.516. The molecule has 6 heteroatoms. The van der Waals surface area contributed by atoms with Crippen molar-refractivity contribution < 1.29 is 13.2 Å². The first-order valence-electron chi connectivity index (χ1n) is 7.50. The van der Waals surface area contributed by atoms with E-state index in [0.29, 0.717) is 18.4 Å². The molecule has 0 amide bonds. The van der Waals surface area contributed by atoms with Crippen LogP contribution in [0.5, 0.6) is 5.75 Å². The first-order valence-corrected chi connectivity index (χ1v) is 9.32. The van der Waals surface area contributed by atoms with Gasteiger partial charge in [0.15, 0.2) is 15.6 Å². The Morgan fingerprint density at radius 2 is 2.05 bits per heavy atom. The van der Waals surface area contributed by atoms with Crippen LogP contribution in [0, 0.1) is 5.92 Å². The fourth-order valence-electron chi connectivity index (χ4n) is 3.23. The maximum absolute atomic E-state index is 11.6. The standard InChI is InChI=1S/C14H22N2O3S/c17-20(18)7-3-4-12(11-20)10-19-14-8-15-16(9-14)13-5-1-2-6-13/h8-9,12-13H,1-7,10-11H2. The van der Waals surface area contributed by atoms with E-state index in [-0.39, 0.29) is 11.7 Å². The van der Waals surface area contributed by atoms with Crippen LogP contribution in [0.2, 0.25) is 0 Å². The van der Waals surface area contributed by atoms with Gasteiger partial charge in [0, 0.05) is 5.92 Å². The van der Waals surface area contributed by atoms with E-state index in [1.54, 1.807) is 6.20 Å². The Morgan fingerprint density at radius 1 is 1.25 bits per heavy atom. The van der Waals surface area contributed by atoms with Crippen LogP contribution in [0.15, 0.2) is 12.4 Å². The highest BCUT2D eigenvalue weighted by atomic mass is 32.2. The van der Waals surface area contributed by atoms with Crippen LogP contribution >= 0.6 is 0 Å². The molecule has 112 valence electrons. The van der Waals surface area contributed by atoms with E-state index < -0.39 is 9.84 Å². The van der Waals surface area contributed by atoms with Gasteiger partial charge in [-0.05, 0) is 25.7 Å². The first-order chi connectivity index (χ1) is 9.62. The molecule has 0 N–H and O–H groups in total. The molecular formula is C14H22N2O3S. The molecule has 0 radical (unpaired) electrons. The smallest absolute Gasteiger partial charge is 0.157 e. The molecule has 2 fully saturated rings. The van der Waals surface area contributed by atoms with Gasteiger partial charge in [-0.15, -0.1) is 0 Å². The summed E-state index contributed by atoms with van der Waals surface area (Å²) in [4.78, 5) is 0. The second-order valence-corrected chi connectivity index (χ2v) is 8.26. The third kappa shape index (κ3) is 3.34. The van der Waals surface area contributed by atoms with Crippen LogP contribution in [0.25, 0.3) is 0 Å². The zero-order valence-electron chi connectivity index (χ0n) is 11.7. The average Bonchev–Trinajstić information content (AvgIpc) is 3.06. The summed E-state index contributed by atoms with van der Waals surface area (Å²) in [6.07, 6.45) is 10.3. The zero-order chi connectivity index (χ0) is 14.0. The molecule has 1 aliphatic heterocycles. The number of ether oxygens (including phenoxy) is 1. The maximum atomic E-state index is 11.6. The second kappa shape index (κ2) is 5.76. The normalized spacial score (nSPS) is 26.7. The molecule has 5 nitrogen and oxygen atoms in total. The SMILES string of the molecule is O=S1(=O)CCCC(COc2cnn(C3CCCC3)c2)C1. The van der Waals surface area contributed by atoms with Crippen molar-refractivity contribution >= 4 is 9.84 Å². The monoisotopic (exact) mass is 298 g/mol. The summed E-state index contributed by atoms with van der Waals surface area (Å²) in [5.74, 6) is 1.50. The summed E-state index contributed by atoms with van der Waals surface area (Å²) in [6.45, 7) is 0.482. The van der Waals surface area contributed by atoms with Crippen molar-refractivity contribution in [2.75, 3.05) is 18.1 Å². The van der Waals surface area contributed by atoms with Crippen molar-refractivity contribution in [3.05, 3.63) is 12.4 Å². The van der Waals surface area contributed by atoms with E-state index in [1.807, 2.05) is 10.9 Å². The predicted octanol–water partition coefficient (Wildman–Crippen LogP) is 2.20. The molecule has 1 unspecified atom stereocenters. The Balaban J connectivity index is 1.53. The van der Waals surface area contributed by atoms with Crippen LogP contribution in [-0.2, 0) is 9.84 Å². The van der Waals surface area contributed by atoms with Crippen molar-refractivity contribution in [3.63, 3.8) is 0 Å². The van der Waals surface area contributed by atoms with E-state index in [0.717, 1.165) is 18.6 Å². The number of sulfone groups is 1. The Labute approximate surface area is 120 Å². The third-order valence-corrected chi connectivity index (χ3v) is 6.21. The van der Waals surface area contributed by atoms with Crippen molar-refractivity contribution in [1.82, 2.24) is 9.78 Å². The lowest BCUT2D eigenvalue weighted by molar-refractivity contribution is 0.249. The van der Waals surface area contributed by atoms with Crippen LogP contribution in [0.3, 0.4) is 0 Å². The summed E-state index contributed by atoms with van der Waals surface area (Å²) in [5, 5.41) is 4.36. The lowest BCUT2D eigenvalue weighted by atomic mass is 10.1. The van der Waals surface area contributed by atoms with Crippen LogP contribution < -0.4 is 4.74 Å². The molecule has 1 aromatic heterocycles. The first kappa shape index (κ1) is 13.9. The lowest BCUT2D eigenvalue weighted by Gasteiger charge is -2.21. The topological polar surface area (TPSA) is 61.2 Å². The lowest BCUT2D eigenvalue weighted by Crippen LogP contribution is -2.29. The van der Waals surface area contributed by atoms with Crippen molar-refractivity contribution in [2.24, 2.45) is 5.92 Å². The van der Waals surface area contributed by atoms with Gasteiger partial charge in [-0.1, -0.05) is 12.8 Å². The van der Waals surface area contributed by atoms with Crippen molar-refractivity contribution in [3.8, 4) is 5.75 Å². The number of hydrogen-bond acceptors (Lipinski definition) is 4. The maximum Gasteiger partial charge on any atom is 0.157 e. The fourth-order valence-corrected chi connectivity index (χ4v) is 4.98. The van der Waals surface area contributed by atoms with E-state index in [4.69, 9.17) is 4.74 Å². The Kier molecular flexibility index (Phi) is 4.01. The molecule has 0 aromatic carbocycles. The van der Waals surface area contributed by atoms with Crippen molar-refractivity contribution in [1.29, 1.82) is 0 Å². The zero-order valence-corrected chi connectivity index (χ0v) is 12.5. The summed E-state index contributed by atoms with van der Waals surface area (Å²) in [7, 11) is -2.85. The molecule has 1 atom stereocenters. The molecule has 1 saturated heterocycles. The Bertz CT molecular complexity index is 547. The van der Waals surface area contributed by atoms with Gasteiger partial charge in [0.2, 0.25) is 0 Å². The highest BCUT2D eigenvalue weighted by Gasteiger charge is 2.25. The second-order valence-electron chi connectivity index (χ2n) is 6.03. The number of rotatable bonds is 4. The van der Waals surface area contributed by atoms with Gasteiger partial charge in [0.1, 0.15) is 0 Å². The van der Waals surface area contributed by atoms with Gasteiger partial charge in [0.05, 0.1) is 36.5 Å². The van der Waals surface area contributed by atoms with Gasteiger partial charge in [-0.25, -0.2) is 8.42 Å². The molecule has 1 saturated carbocycles. The van der Waals surface area contributed by atoms with E-state index in [1.165, 1.54) is 25.7 Å². The molecule has 3 rings (SSSR count). The Morgan fingerprint density at radius 3 is 2.80 bits per heavy atom. The highest BCUT2D eigenvalue weighted by molar-refractivity contribution is 7.91. The highest BCUT2D eigenvalue weighted by Crippen LogP contribution is 2.30. The average molecular weight is 298 g/mol. The minimum Gasteiger partial charge on any atom is -0.490 e. The largest absolute Gasteiger partial charge is 0.490 e. The van der Waals surface area contributed by atoms with Gasteiger partial charge in [-0.2, -0.15) is 5.10 Å². The fraction of sp³-hybridized carbons (Fsp3) is 0.786. The van der Waals surface area contributed by atoms with Crippen LogP contribution in [0.4, 0.5) is 0 Å². The molecule has 0 bridgehead atoms. The molecule has 2 aliphatic rings. The molecule has 0 spiro atoms. The predicted molar refractivity (Wildman–Crippen MR) is 76.6 cm³/mol. The van der Waals surface area contributed by atoms with E-state index in [9.17, 15) is 8.42 Å². The van der Waals surface area contributed by atoms with E-state index >= 15 is 0 Å². The number of aromatic nitrogens is 2. The molecule has 2 heterocycles. The summed E-state index contributed by atoms with van der Waals surface area (Å²) < 4.78 is 30.9. The van der Waals surface area contributed by atoms with E-state index in [2.05, 4.69) is 5.10 Å². The molecular weight excluding hydrogens is 276 g/mol. The Hall–Kier alpha value is -1.04. The third-order valence-electron chi connectivity index (χ3n) is 4.32.